The molecule has 0 aliphatic carbocycles. The number of nitrogens with zero attached hydrogens (tertiary/aromatic N) is 6. The Morgan fingerprint density at radius 2 is 2.04 bits per heavy atom. The van der Waals surface area contributed by atoms with Crippen LogP contribution in [-0.2, 0) is 0 Å². The molecule has 0 atom stereocenters. The van der Waals surface area contributed by atoms with Gasteiger partial charge in [-0.05, 0) is 25.3 Å². The van der Waals surface area contributed by atoms with E-state index in [2.05, 4.69) is 15.1 Å². The number of fused-ring (bicyclic) bond motifs is 3. The zero-order valence-corrected chi connectivity index (χ0v) is 14.6. The maximum absolute atomic E-state index is 13.0. The van der Waals surface area contributed by atoms with Crippen molar-refractivity contribution in [3.05, 3.63) is 62.7 Å². The molecule has 26 heavy (non-hydrogen) atoms. The van der Waals surface area contributed by atoms with Crippen LogP contribution in [-0.4, -0.2) is 35.3 Å². The molecule has 0 radical (unpaired) electrons. The number of pyridine rings is 1. The molecule has 0 amide bonds. The van der Waals surface area contributed by atoms with Crippen molar-refractivity contribution in [1.29, 1.82) is 0 Å². The van der Waals surface area contributed by atoms with Crippen molar-refractivity contribution in [2.45, 2.75) is 12.1 Å². The lowest BCUT2D eigenvalue weighted by atomic mass is 10.2. The lowest BCUT2D eigenvalue weighted by Crippen LogP contribution is -2.20. The molecule has 1 aromatic carbocycles. The summed E-state index contributed by atoms with van der Waals surface area (Å²) >= 11 is 1.39. The normalized spacial score (nSPS) is 11.3. The number of thioether (sulfide) groups is 1. The molecular weight excluding hydrogens is 356 g/mol. The van der Waals surface area contributed by atoms with E-state index in [0.29, 0.717) is 33.2 Å². The highest BCUT2D eigenvalue weighted by atomic mass is 32.2. The first-order valence-corrected chi connectivity index (χ1v) is 8.79. The van der Waals surface area contributed by atoms with Gasteiger partial charge in [-0.1, -0.05) is 17.8 Å². The smallest absolute Gasteiger partial charge is 0.271 e. The summed E-state index contributed by atoms with van der Waals surface area (Å²) < 4.78 is 2.90. The Morgan fingerprint density at radius 1 is 1.23 bits per heavy atom. The third-order valence-corrected chi connectivity index (χ3v) is 4.54. The summed E-state index contributed by atoms with van der Waals surface area (Å²) in [6, 6.07) is 7.65. The number of hydrogen-bond acceptors (Lipinski definition) is 7. The van der Waals surface area contributed by atoms with E-state index < -0.39 is 4.92 Å². The van der Waals surface area contributed by atoms with E-state index in [0.717, 1.165) is 0 Å². The monoisotopic (exact) mass is 368 g/mol. The van der Waals surface area contributed by atoms with Gasteiger partial charge in [-0.15, -0.1) is 5.10 Å². The largest absolute Gasteiger partial charge is 0.283 e. The Morgan fingerprint density at radius 3 is 2.77 bits per heavy atom. The Bertz CT molecular complexity index is 1250. The minimum absolute atomic E-state index is 0.0827. The van der Waals surface area contributed by atoms with Crippen molar-refractivity contribution < 1.29 is 4.92 Å². The number of aryl methyl sites for hydroxylation is 1. The maximum Gasteiger partial charge on any atom is 0.271 e. The van der Waals surface area contributed by atoms with Crippen molar-refractivity contribution in [3.8, 4) is 5.69 Å². The molecule has 9 nitrogen and oxygen atoms in total. The highest BCUT2D eigenvalue weighted by Gasteiger charge is 2.15. The van der Waals surface area contributed by atoms with E-state index in [1.54, 1.807) is 31.3 Å². The molecule has 0 spiro atoms. The van der Waals surface area contributed by atoms with Crippen LogP contribution in [0.3, 0.4) is 0 Å². The van der Waals surface area contributed by atoms with Crippen LogP contribution in [0.25, 0.3) is 22.4 Å². The second-order valence-electron chi connectivity index (χ2n) is 5.54. The Kier molecular flexibility index (Phi) is 3.69. The third-order valence-electron chi connectivity index (χ3n) is 4.00. The fraction of sp³-hybridized carbons (Fsp3) is 0.125. The standard InChI is InChI=1S/C16H12N6O3S/c1-9-13-12(21-15(17-9)18-16(19-21)26-2)6-7-20(14(13)23)10-4-3-5-11(8-10)22(24)25/h3-8H,1-2H3. The molecule has 0 unspecified atom stereocenters. The highest BCUT2D eigenvalue weighted by Crippen LogP contribution is 2.20. The quantitative estimate of drug-likeness (QED) is 0.310. The first-order valence-electron chi connectivity index (χ1n) is 7.57. The van der Waals surface area contributed by atoms with E-state index >= 15 is 0 Å². The first-order chi connectivity index (χ1) is 12.5. The number of rotatable bonds is 3. The van der Waals surface area contributed by atoms with Gasteiger partial charge in [-0.2, -0.15) is 9.50 Å². The van der Waals surface area contributed by atoms with Crippen LogP contribution < -0.4 is 5.56 Å². The summed E-state index contributed by atoms with van der Waals surface area (Å²) in [5.74, 6) is 0.423. The summed E-state index contributed by atoms with van der Waals surface area (Å²) in [6.07, 6.45) is 3.43. The number of benzene rings is 1. The van der Waals surface area contributed by atoms with E-state index in [1.807, 2.05) is 6.26 Å². The Hall–Kier alpha value is -3.27. The van der Waals surface area contributed by atoms with Gasteiger partial charge in [-0.25, -0.2) is 4.98 Å². The van der Waals surface area contributed by atoms with Crippen LogP contribution in [0.4, 0.5) is 5.69 Å². The Balaban J connectivity index is 2.02. The lowest BCUT2D eigenvalue weighted by molar-refractivity contribution is -0.384. The fourth-order valence-corrected chi connectivity index (χ4v) is 3.15. The van der Waals surface area contributed by atoms with E-state index in [4.69, 9.17) is 0 Å². The van der Waals surface area contributed by atoms with Crippen molar-refractivity contribution in [1.82, 2.24) is 24.1 Å². The van der Waals surface area contributed by atoms with Gasteiger partial charge in [-0.3, -0.25) is 19.5 Å². The molecule has 0 saturated heterocycles. The maximum atomic E-state index is 13.0. The van der Waals surface area contributed by atoms with Gasteiger partial charge in [0, 0.05) is 18.3 Å². The molecule has 130 valence electrons. The van der Waals surface area contributed by atoms with Crippen LogP contribution in [0.15, 0.2) is 46.5 Å². The van der Waals surface area contributed by atoms with Gasteiger partial charge in [0.2, 0.25) is 5.16 Å². The predicted octanol–water partition coefficient (Wildman–Crippen LogP) is 2.37. The second-order valence-corrected chi connectivity index (χ2v) is 6.31. The van der Waals surface area contributed by atoms with Crippen LogP contribution >= 0.6 is 11.8 Å². The van der Waals surface area contributed by atoms with Crippen LogP contribution in [0.5, 0.6) is 0 Å². The van der Waals surface area contributed by atoms with Gasteiger partial charge in [0.1, 0.15) is 0 Å². The van der Waals surface area contributed by atoms with E-state index in [1.165, 1.54) is 33.0 Å². The first kappa shape index (κ1) is 16.2. The summed E-state index contributed by atoms with van der Waals surface area (Å²) in [4.78, 5) is 32.2. The topological polar surface area (TPSA) is 108 Å². The molecular formula is C16H12N6O3S. The van der Waals surface area contributed by atoms with E-state index in [-0.39, 0.29) is 11.2 Å². The minimum Gasteiger partial charge on any atom is -0.283 e. The number of nitro groups is 1. The number of non-ortho nitro benzene ring substituents is 1. The molecule has 0 aliphatic rings. The molecule has 0 saturated carbocycles. The number of hydrogen-bond donors (Lipinski definition) is 0. The lowest BCUT2D eigenvalue weighted by Gasteiger charge is -2.09. The zero-order valence-electron chi connectivity index (χ0n) is 13.8. The molecule has 4 aromatic rings. The van der Waals surface area contributed by atoms with Gasteiger partial charge in [0.15, 0.2) is 0 Å². The van der Waals surface area contributed by atoms with Gasteiger partial charge in [0.25, 0.3) is 17.0 Å². The fourth-order valence-electron chi connectivity index (χ4n) is 2.81. The van der Waals surface area contributed by atoms with Crippen molar-refractivity contribution in [2.75, 3.05) is 6.26 Å². The highest BCUT2D eigenvalue weighted by molar-refractivity contribution is 7.98. The molecule has 0 fully saturated rings. The van der Waals surface area contributed by atoms with E-state index in [9.17, 15) is 14.9 Å². The van der Waals surface area contributed by atoms with Crippen molar-refractivity contribution >= 4 is 34.1 Å². The summed E-state index contributed by atoms with van der Waals surface area (Å²) in [7, 11) is 0. The molecule has 3 heterocycles. The van der Waals surface area contributed by atoms with Gasteiger partial charge >= 0.3 is 0 Å². The Labute approximate surface area is 150 Å². The summed E-state index contributed by atoms with van der Waals surface area (Å²) in [6.45, 7) is 1.73. The second kappa shape index (κ2) is 5.92. The number of aromatic nitrogens is 5. The average molecular weight is 368 g/mol. The molecule has 3 aromatic heterocycles. The van der Waals surface area contributed by atoms with Crippen molar-refractivity contribution in [2.24, 2.45) is 0 Å². The molecule has 0 bridgehead atoms. The number of nitro benzene ring substituents is 1. The van der Waals surface area contributed by atoms with Gasteiger partial charge in [0.05, 0.1) is 27.2 Å². The molecule has 0 N–H and O–H groups in total. The predicted molar refractivity (Wildman–Crippen MR) is 97.1 cm³/mol. The zero-order chi connectivity index (χ0) is 18.4. The van der Waals surface area contributed by atoms with Crippen LogP contribution in [0.2, 0.25) is 0 Å². The van der Waals surface area contributed by atoms with Crippen molar-refractivity contribution in [3.63, 3.8) is 0 Å². The summed E-state index contributed by atoms with van der Waals surface area (Å²) in [5.41, 5.74) is 1.12. The average Bonchev–Trinajstić information content (AvgIpc) is 3.05. The summed E-state index contributed by atoms with van der Waals surface area (Å²) in [5, 5.41) is 16.3. The minimum atomic E-state index is -0.495. The molecule has 10 heteroatoms. The van der Waals surface area contributed by atoms with Crippen LogP contribution in [0, 0.1) is 17.0 Å². The van der Waals surface area contributed by atoms with Crippen LogP contribution in [0.1, 0.15) is 5.69 Å². The van der Waals surface area contributed by atoms with Gasteiger partial charge < -0.3 is 0 Å². The molecule has 0 aliphatic heterocycles. The molecule has 4 rings (SSSR count). The SMILES string of the molecule is CSc1nc2nc(C)c3c(=O)n(-c4cccc([N+](=O)[O-])c4)ccc3n2n1. The third kappa shape index (κ3) is 2.42.